The lowest BCUT2D eigenvalue weighted by molar-refractivity contribution is -0.131. The van der Waals surface area contributed by atoms with Crippen LogP contribution in [0.4, 0.5) is 0 Å². The Morgan fingerprint density at radius 1 is 1.04 bits per heavy atom. The topological polar surface area (TPSA) is 134 Å². The predicted octanol–water partition coefficient (Wildman–Crippen LogP) is 0.817. The molecular formula is C20H24O8. The van der Waals surface area contributed by atoms with E-state index in [2.05, 4.69) is 0 Å². The fourth-order valence-electron chi connectivity index (χ4n) is 2.60. The van der Waals surface area contributed by atoms with Gasteiger partial charge in [-0.1, -0.05) is 25.2 Å². The van der Waals surface area contributed by atoms with Crippen LogP contribution in [0.15, 0.2) is 30.4 Å². The first-order valence-corrected chi connectivity index (χ1v) is 8.72. The summed E-state index contributed by atoms with van der Waals surface area (Å²) in [6.45, 7) is 3.31. The van der Waals surface area contributed by atoms with E-state index in [1.54, 1.807) is 13.8 Å². The Morgan fingerprint density at radius 3 is 2.36 bits per heavy atom. The second-order valence-electron chi connectivity index (χ2n) is 6.63. The number of aliphatic hydroxyl groups excluding tert-OH is 3. The number of carbonyl (C=O) groups excluding carboxylic acids is 2. The molecule has 0 fully saturated rings. The number of phenolic OH excluding ortho intramolecular Hbond substituents is 1. The van der Waals surface area contributed by atoms with Crippen molar-refractivity contribution in [2.75, 3.05) is 7.11 Å². The molecule has 8 heteroatoms. The molecule has 1 aromatic rings. The molecule has 0 aliphatic carbocycles. The Bertz CT molecular complexity index is 798. The summed E-state index contributed by atoms with van der Waals surface area (Å²) in [5.74, 6) is -2.11. The number of phenols is 1. The first-order valence-electron chi connectivity index (χ1n) is 8.72. The first-order chi connectivity index (χ1) is 13.1. The quantitative estimate of drug-likeness (QED) is 0.516. The standard InChI is InChI=1S/C20H24O8/c1-10-4-6-14(21)18(24)19(25)15(22)7-5-12-8-13(27-3)9-16(23)17(12)20(26)28-11(10)2/h4-11,15,18-19,22-25H,1-3H3/b6-4-,7-5+/t10-,11?,15?,18-,19+/m1/s1. The Hall–Kier alpha value is -2.68. The highest BCUT2D eigenvalue weighted by atomic mass is 16.5. The molecule has 5 atom stereocenters. The maximum atomic E-state index is 12.6. The van der Waals surface area contributed by atoms with Gasteiger partial charge in [0.1, 0.15) is 41.5 Å². The molecule has 1 heterocycles. The van der Waals surface area contributed by atoms with Crippen molar-refractivity contribution < 1.29 is 39.5 Å². The summed E-state index contributed by atoms with van der Waals surface area (Å²) in [7, 11) is 1.38. The maximum absolute atomic E-state index is 12.6. The predicted molar refractivity (Wildman–Crippen MR) is 99.9 cm³/mol. The van der Waals surface area contributed by atoms with Crippen molar-refractivity contribution in [3.8, 4) is 11.5 Å². The minimum absolute atomic E-state index is 0.143. The molecule has 28 heavy (non-hydrogen) atoms. The van der Waals surface area contributed by atoms with Crippen LogP contribution in [0, 0.1) is 5.92 Å². The summed E-state index contributed by atoms with van der Waals surface area (Å²) in [5.41, 5.74) is 0.0248. The maximum Gasteiger partial charge on any atom is 0.342 e. The van der Waals surface area contributed by atoms with Gasteiger partial charge < -0.3 is 29.9 Å². The molecule has 0 aromatic heterocycles. The fraction of sp³-hybridized carbons (Fsp3) is 0.400. The van der Waals surface area contributed by atoms with Crippen LogP contribution in [0.3, 0.4) is 0 Å². The van der Waals surface area contributed by atoms with Gasteiger partial charge in [-0.2, -0.15) is 0 Å². The zero-order valence-corrected chi connectivity index (χ0v) is 15.8. The van der Waals surface area contributed by atoms with Gasteiger partial charge in [0, 0.05) is 12.0 Å². The number of benzene rings is 1. The van der Waals surface area contributed by atoms with Crippen LogP contribution in [-0.4, -0.2) is 63.7 Å². The summed E-state index contributed by atoms with van der Waals surface area (Å²) in [5, 5.41) is 40.3. The summed E-state index contributed by atoms with van der Waals surface area (Å²) >= 11 is 0. The number of rotatable bonds is 1. The molecule has 152 valence electrons. The normalized spacial score (nSPS) is 31.3. The zero-order valence-electron chi connectivity index (χ0n) is 15.8. The van der Waals surface area contributed by atoms with Crippen molar-refractivity contribution in [2.45, 2.75) is 38.3 Å². The molecule has 8 nitrogen and oxygen atoms in total. The van der Waals surface area contributed by atoms with Gasteiger partial charge in [0.15, 0.2) is 5.78 Å². The molecule has 1 aliphatic heterocycles. The molecule has 1 aliphatic rings. The molecule has 0 spiro atoms. The van der Waals surface area contributed by atoms with Crippen LogP contribution >= 0.6 is 0 Å². The molecule has 0 amide bonds. The first kappa shape index (κ1) is 21.6. The average molecular weight is 392 g/mol. The number of aliphatic hydroxyl groups is 3. The number of aromatic hydroxyl groups is 1. The van der Waals surface area contributed by atoms with Gasteiger partial charge in [-0.25, -0.2) is 4.79 Å². The number of ether oxygens (including phenoxy) is 2. The third-order valence-electron chi connectivity index (χ3n) is 4.60. The summed E-state index contributed by atoms with van der Waals surface area (Å²) in [4.78, 5) is 24.6. The average Bonchev–Trinajstić information content (AvgIpc) is 2.67. The van der Waals surface area contributed by atoms with Gasteiger partial charge in [-0.3, -0.25) is 4.79 Å². The van der Waals surface area contributed by atoms with Gasteiger partial charge >= 0.3 is 5.97 Å². The Balaban J connectivity index is 2.57. The van der Waals surface area contributed by atoms with Gasteiger partial charge in [0.05, 0.1) is 7.11 Å². The van der Waals surface area contributed by atoms with Crippen LogP contribution in [-0.2, 0) is 9.53 Å². The molecule has 4 N–H and O–H groups in total. The highest BCUT2D eigenvalue weighted by Gasteiger charge is 2.29. The fourth-order valence-corrected chi connectivity index (χ4v) is 2.60. The molecule has 0 saturated heterocycles. The number of cyclic esters (lactones) is 1. The number of hydrogen-bond acceptors (Lipinski definition) is 8. The van der Waals surface area contributed by atoms with Gasteiger partial charge in [-0.15, -0.1) is 0 Å². The molecular weight excluding hydrogens is 368 g/mol. The van der Waals surface area contributed by atoms with E-state index >= 15 is 0 Å². The number of hydrogen-bond donors (Lipinski definition) is 4. The summed E-state index contributed by atoms with van der Waals surface area (Å²) in [6, 6.07) is 2.69. The van der Waals surface area contributed by atoms with E-state index in [-0.39, 0.29) is 22.6 Å². The van der Waals surface area contributed by atoms with E-state index in [9.17, 15) is 30.0 Å². The molecule has 1 aromatic carbocycles. The Kier molecular flexibility index (Phi) is 6.95. The Labute approximate surface area is 162 Å². The van der Waals surface area contributed by atoms with Crippen molar-refractivity contribution in [1.82, 2.24) is 0 Å². The minimum atomic E-state index is -1.83. The van der Waals surface area contributed by atoms with Gasteiger partial charge in [-0.05, 0) is 24.6 Å². The monoisotopic (exact) mass is 392 g/mol. The van der Waals surface area contributed by atoms with Crippen LogP contribution in [0.25, 0.3) is 6.08 Å². The van der Waals surface area contributed by atoms with Gasteiger partial charge in [0.25, 0.3) is 0 Å². The van der Waals surface area contributed by atoms with Crippen LogP contribution < -0.4 is 4.74 Å². The van der Waals surface area contributed by atoms with Crippen LogP contribution in [0.5, 0.6) is 11.5 Å². The number of carbonyl (C=O) groups is 2. The van der Waals surface area contributed by atoms with E-state index < -0.39 is 42.1 Å². The summed E-state index contributed by atoms with van der Waals surface area (Å²) < 4.78 is 10.5. The molecule has 0 bridgehead atoms. The number of methoxy groups -OCH3 is 1. The lowest BCUT2D eigenvalue weighted by Crippen LogP contribution is -2.40. The minimum Gasteiger partial charge on any atom is -0.507 e. The number of esters is 1. The van der Waals surface area contributed by atoms with Crippen LogP contribution in [0.2, 0.25) is 0 Å². The van der Waals surface area contributed by atoms with E-state index in [4.69, 9.17) is 9.47 Å². The lowest BCUT2D eigenvalue weighted by atomic mass is 9.98. The van der Waals surface area contributed by atoms with Crippen LogP contribution in [0.1, 0.15) is 29.8 Å². The smallest absolute Gasteiger partial charge is 0.342 e. The van der Waals surface area contributed by atoms with Crippen molar-refractivity contribution >= 4 is 17.8 Å². The molecule has 2 unspecified atom stereocenters. The van der Waals surface area contributed by atoms with Crippen molar-refractivity contribution in [3.05, 3.63) is 41.5 Å². The third-order valence-corrected chi connectivity index (χ3v) is 4.60. The summed E-state index contributed by atoms with van der Waals surface area (Å²) in [6.07, 6.45) is -1.01. The molecule has 0 radical (unpaired) electrons. The van der Waals surface area contributed by atoms with Crippen molar-refractivity contribution in [1.29, 1.82) is 0 Å². The number of fused-ring (bicyclic) bond motifs is 1. The van der Waals surface area contributed by atoms with Gasteiger partial charge in [0.2, 0.25) is 0 Å². The second kappa shape index (κ2) is 9.01. The molecule has 2 rings (SSSR count). The van der Waals surface area contributed by atoms with Crippen molar-refractivity contribution in [3.63, 3.8) is 0 Å². The third kappa shape index (κ3) is 4.78. The zero-order chi connectivity index (χ0) is 21.0. The van der Waals surface area contributed by atoms with E-state index in [0.717, 1.165) is 12.2 Å². The largest absolute Gasteiger partial charge is 0.507 e. The Morgan fingerprint density at radius 2 is 1.71 bits per heavy atom. The highest BCUT2D eigenvalue weighted by molar-refractivity contribution is 5.97. The number of ketones is 1. The van der Waals surface area contributed by atoms with E-state index in [0.29, 0.717) is 0 Å². The van der Waals surface area contributed by atoms with E-state index in [1.165, 1.54) is 31.4 Å². The van der Waals surface area contributed by atoms with E-state index in [1.807, 2.05) is 0 Å². The highest BCUT2D eigenvalue weighted by Crippen LogP contribution is 2.30. The second-order valence-corrected chi connectivity index (χ2v) is 6.63. The molecule has 0 saturated carbocycles. The van der Waals surface area contributed by atoms with Crippen molar-refractivity contribution in [2.24, 2.45) is 5.92 Å². The lowest BCUT2D eigenvalue weighted by Gasteiger charge is -2.21. The SMILES string of the molecule is COc1cc(O)c2c(c1)/C=C/C(O)[C@H](O)[C@H](O)C(=O)/C=C\[C@@H](C)C(C)OC2=O.